The molecular formula is C16H16Br2O3. The molecule has 1 N–H and O–H groups in total. The van der Waals surface area contributed by atoms with Crippen LogP contribution >= 0.6 is 31.9 Å². The first kappa shape index (κ1) is 16.3. The first-order valence-corrected chi connectivity index (χ1v) is 8.13. The maximum Gasteiger partial charge on any atom is 0.125 e. The molecule has 2 aromatic rings. The van der Waals surface area contributed by atoms with Crippen LogP contribution in [-0.4, -0.2) is 18.3 Å². The highest BCUT2D eigenvalue weighted by Crippen LogP contribution is 2.28. The Kier molecular flexibility index (Phi) is 6.08. The molecule has 0 spiro atoms. The van der Waals surface area contributed by atoms with Gasteiger partial charge in [-0.15, -0.1) is 0 Å². The van der Waals surface area contributed by atoms with Crippen molar-refractivity contribution < 1.29 is 14.6 Å². The minimum atomic E-state index is -0.580. The van der Waals surface area contributed by atoms with Crippen LogP contribution < -0.4 is 9.47 Å². The second-order valence-corrected chi connectivity index (χ2v) is 6.34. The predicted molar refractivity (Wildman–Crippen MR) is 89.9 cm³/mol. The van der Waals surface area contributed by atoms with E-state index in [9.17, 15) is 5.11 Å². The number of hydrogen-bond donors (Lipinski definition) is 1. The van der Waals surface area contributed by atoms with E-state index in [1.165, 1.54) is 0 Å². The lowest BCUT2D eigenvalue weighted by Crippen LogP contribution is -2.10. The molecule has 0 bridgehead atoms. The van der Waals surface area contributed by atoms with E-state index < -0.39 is 6.10 Å². The number of rotatable bonds is 6. The van der Waals surface area contributed by atoms with E-state index in [2.05, 4.69) is 31.9 Å². The first-order valence-electron chi connectivity index (χ1n) is 6.55. The number of aliphatic hydroxyl groups is 1. The lowest BCUT2D eigenvalue weighted by atomic mass is 10.1. The summed E-state index contributed by atoms with van der Waals surface area (Å²) in [5.41, 5.74) is 0.756. The Bertz CT molecular complexity index is 600. The van der Waals surface area contributed by atoms with Crippen LogP contribution in [-0.2, 0) is 0 Å². The molecule has 3 nitrogen and oxygen atoms in total. The van der Waals surface area contributed by atoms with Crippen molar-refractivity contribution in [1.29, 1.82) is 0 Å². The largest absolute Gasteiger partial charge is 0.490 e. The van der Waals surface area contributed by atoms with Crippen LogP contribution in [0.5, 0.6) is 11.5 Å². The molecule has 2 aromatic carbocycles. The Morgan fingerprint density at radius 1 is 1.00 bits per heavy atom. The van der Waals surface area contributed by atoms with E-state index in [1.54, 1.807) is 6.92 Å². The van der Waals surface area contributed by atoms with Crippen molar-refractivity contribution in [3.05, 3.63) is 57.0 Å². The highest BCUT2D eigenvalue weighted by molar-refractivity contribution is 9.10. The average Bonchev–Trinajstić information content (AvgIpc) is 2.44. The zero-order chi connectivity index (χ0) is 15.2. The fourth-order valence-corrected chi connectivity index (χ4v) is 2.60. The molecule has 0 amide bonds. The Hall–Kier alpha value is -1.04. The van der Waals surface area contributed by atoms with E-state index in [-0.39, 0.29) is 0 Å². The van der Waals surface area contributed by atoms with Crippen LogP contribution in [0.3, 0.4) is 0 Å². The molecule has 0 fully saturated rings. The van der Waals surface area contributed by atoms with Crippen molar-refractivity contribution in [2.45, 2.75) is 13.0 Å². The lowest BCUT2D eigenvalue weighted by molar-refractivity contribution is 0.182. The highest BCUT2D eigenvalue weighted by atomic mass is 79.9. The van der Waals surface area contributed by atoms with Gasteiger partial charge in [0.05, 0.1) is 6.10 Å². The molecule has 1 atom stereocenters. The summed E-state index contributed by atoms with van der Waals surface area (Å²) in [5, 5.41) is 9.76. The standard InChI is InChI=1S/C16H16Br2O3/c1-11(19)15-10-13(18)5-6-16(15)21-8-7-20-14-4-2-3-12(17)9-14/h2-6,9-11,19H,7-8H2,1H3/t11-/m0/s1. The third-order valence-corrected chi connectivity index (χ3v) is 3.81. The molecule has 5 heteroatoms. The molecule has 0 unspecified atom stereocenters. The monoisotopic (exact) mass is 414 g/mol. The smallest absolute Gasteiger partial charge is 0.125 e. The summed E-state index contributed by atoms with van der Waals surface area (Å²) in [4.78, 5) is 0. The van der Waals surface area contributed by atoms with Crippen LogP contribution in [0.15, 0.2) is 51.4 Å². The molecule has 0 aromatic heterocycles. The van der Waals surface area contributed by atoms with E-state index in [1.807, 2.05) is 42.5 Å². The van der Waals surface area contributed by atoms with E-state index in [0.29, 0.717) is 19.0 Å². The Balaban J connectivity index is 1.89. The minimum Gasteiger partial charge on any atom is -0.490 e. The molecule has 0 saturated heterocycles. The highest BCUT2D eigenvalue weighted by Gasteiger charge is 2.09. The summed E-state index contributed by atoms with van der Waals surface area (Å²) < 4.78 is 13.2. The molecule has 0 aliphatic carbocycles. The van der Waals surface area contributed by atoms with Crippen molar-refractivity contribution in [3.8, 4) is 11.5 Å². The minimum absolute atomic E-state index is 0.411. The van der Waals surface area contributed by atoms with Gasteiger partial charge in [-0.05, 0) is 43.3 Å². The van der Waals surface area contributed by atoms with Crippen molar-refractivity contribution in [1.82, 2.24) is 0 Å². The molecule has 0 heterocycles. The van der Waals surface area contributed by atoms with Crippen LogP contribution in [0, 0.1) is 0 Å². The maximum atomic E-state index is 9.76. The van der Waals surface area contributed by atoms with E-state index >= 15 is 0 Å². The maximum absolute atomic E-state index is 9.76. The topological polar surface area (TPSA) is 38.7 Å². The van der Waals surface area contributed by atoms with Crippen LogP contribution in [0.2, 0.25) is 0 Å². The Morgan fingerprint density at radius 2 is 1.71 bits per heavy atom. The SMILES string of the molecule is C[C@H](O)c1cc(Br)ccc1OCCOc1cccc(Br)c1. The molecule has 112 valence electrons. The van der Waals surface area contributed by atoms with Gasteiger partial charge in [0, 0.05) is 14.5 Å². The van der Waals surface area contributed by atoms with Gasteiger partial charge in [0.15, 0.2) is 0 Å². The zero-order valence-corrected chi connectivity index (χ0v) is 14.7. The van der Waals surface area contributed by atoms with Crippen molar-refractivity contribution in [2.24, 2.45) is 0 Å². The van der Waals surface area contributed by atoms with Gasteiger partial charge in [0.1, 0.15) is 24.7 Å². The summed E-state index contributed by atoms with van der Waals surface area (Å²) in [7, 11) is 0. The summed E-state index contributed by atoms with van der Waals surface area (Å²) in [6, 6.07) is 13.2. The number of hydrogen-bond acceptors (Lipinski definition) is 3. The molecule has 0 aliphatic rings. The third kappa shape index (κ3) is 5.02. The molecule has 2 rings (SSSR count). The lowest BCUT2D eigenvalue weighted by Gasteiger charge is -2.14. The normalized spacial score (nSPS) is 12.0. The second-order valence-electron chi connectivity index (χ2n) is 4.51. The summed E-state index contributed by atoms with van der Waals surface area (Å²) >= 11 is 6.78. The van der Waals surface area contributed by atoms with E-state index in [0.717, 1.165) is 20.3 Å². The van der Waals surface area contributed by atoms with Crippen LogP contribution in [0.25, 0.3) is 0 Å². The number of halogens is 2. The molecule has 0 aliphatic heterocycles. The van der Waals surface area contributed by atoms with Gasteiger partial charge < -0.3 is 14.6 Å². The molecule has 21 heavy (non-hydrogen) atoms. The van der Waals surface area contributed by atoms with Crippen LogP contribution in [0.1, 0.15) is 18.6 Å². The van der Waals surface area contributed by atoms with Gasteiger partial charge in [-0.1, -0.05) is 37.9 Å². The molecule has 0 radical (unpaired) electrons. The molecular weight excluding hydrogens is 400 g/mol. The van der Waals surface area contributed by atoms with Gasteiger partial charge in [0.25, 0.3) is 0 Å². The van der Waals surface area contributed by atoms with Crippen LogP contribution in [0.4, 0.5) is 0 Å². The van der Waals surface area contributed by atoms with Gasteiger partial charge in [0.2, 0.25) is 0 Å². The summed E-state index contributed by atoms with van der Waals surface area (Å²) in [5.74, 6) is 1.46. The van der Waals surface area contributed by atoms with Gasteiger partial charge in [-0.3, -0.25) is 0 Å². The average molecular weight is 416 g/mol. The van der Waals surface area contributed by atoms with Gasteiger partial charge in [-0.25, -0.2) is 0 Å². The van der Waals surface area contributed by atoms with Crippen molar-refractivity contribution in [2.75, 3.05) is 13.2 Å². The fraction of sp³-hybridized carbons (Fsp3) is 0.250. The molecule has 0 saturated carbocycles. The predicted octanol–water partition coefficient (Wildman–Crippen LogP) is 4.72. The number of aliphatic hydroxyl groups excluding tert-OH is 1. The fourth-order valence-electron chi connectivity index (χ4n) is 1.85. The van der Waals surface area contributed by atoms with Gasteiger partial charge >= 0.3 is 0 Å². The quantitative estimate of drug-likeness (QED) is 0.693. The Labute approximate surface area is 141 Å². The van der Waals surface area contributed by atoms with E-state index in [4.69, 9.17) is 9.47 Å². The zero-order valence-electron chi connectivity index (χ0n) is 11.6. The summed E-state index contributed by atoms with van der Waals surface area (Å²) in [6.45, 7) is 2.56. The van der Waals surface area contributed by atoms with Crippen molar-refractivity contribution >= 4 is 31.9 Å². The third-order valence-electron chi connectivity index (χ3n) is 2.83. The summed E-state index contributed by atoms with van der Waals surface area (Å²) in [6.07, 6.45) is -0.580. The van der Waals surface area contributed by atoms with Crippen molar-refractivity contribution in [3.63, 3.8) is 0 Å². The van der Waals surface area contributed by atoms with Gasteiger partial charge in [-0.2, -0.15) is 0 Å². The first-order chi connectivity index (χ1) is 10.1. The second kappa shape index (κ2) is 7.82. The number of benzene rings is 2. The number of ether oxygens (including phenoxy) is 2. The Morgan fingerprint density at radius 3 is 2.43 bits per heavy atom.